The van der Waals surface area contributed by atoms with Crippen LogP contribution in [0, 0.1) is 5.82 Å². The Kier molecular flexibility index (Phi) is 6.82. The van der Waals surface area contributed by atoms with Crippen LogP contribution in [0.15, 0.2) is 88.3 Å². The van der Waals surface area contributed by atoms with Crippen LogP contribution in [0.25, 0.3) is 16.6 Å². The van der Waals surface area contributed by atoms with Gasteiger partial charge in [-0.1, -0.05) is 23.9 Å². The molecule has 0 bridgehead atoms. The fourth-order valence-electron chi connectivity index (χ4n) is 5.51. The Morgan fingerprint density at radius 1 is 1.05 bits per heavy atom. The molecule has 7 rings (SSSR count). The quantitative estimate of drug-likeness (QED) is 0.282. The number of carbonyl (C=O) groups excluding carboxylic acids is 1. The van der Waals surface area contributed by atoms with Gasteiger partial charge in [-0.15, -0.1) is 0 Å². The molecule has 1 N–H and O–H groups in total. The van der Waals surface area contributed by atoms with Crippen molar-refractivity contribution in [1.82, 2.24) is 29.0 Å². The molecule has 2 aliphatic heterocycles. The van der Waals surface area contributed by atoms with Gasteiger partial charge in [0, 0.05) is 75.1 Å². The van der Waals surface area contributed by atoms with E-state index in [1.807, 2.05) is 44.5 Å². The van der Waals surface area contributed by atoms with Crippen molar-refractivity contribution in [3.8, 4) is 5.69 Å². The van der Waals surface area contributed by atoms with Gasteiger partial charge in [0.05, 0.1) is 33.5 Å². The average molecular weight is 583 g/mol. The second kappa shape index (κ2) is 10.9. The fraction of sp³-hybridized carbons (Fsp3) is 0.233. The number of aromatic nitrogens is 5. The molecule has 0 unspecified atom stereocenters. The minimum Gasteiger partial charge on any atom is -0.382 e. The smallest absolute Gasteiger partial charge is 0.259 e. The Labute approximate surface area is 244 Å². The minimum absolute atomic E-state index is 0.0278. The predicted octanol–water partition coefficient (Wildman–Crippen LogP) is 4.05. The van der Waals surface area contributed by atoms with E-state index in [1.165, 1.54) is 17.8 Å². The number of halogens is 1. The van der Waals surface area contributed by atoms with Crippen LogP contribution < -0.4 is 15.6 Å². The first-order chi connectivity index (χ1) is 20.6. The molecule has 12 heteroatoms. The summed E-state index contributed by atoms with van der Waals surface area (Å²) < 4.78 is 19.6. The molecule has 212 valence electrons. The summed E-state index contributed by atoms with van der Waals surface area (Å²) in [6.45, 7) is 3.22. The maximum atomic E-state index is 15.7. The van der Waals surface area contributed by atoms with Crippen molar-refractivity contribution in [3.05, 3.63) is 95.3 Å². The number of para-hydroxylation sites is 1. The molecule has 10 nitrogen and oxygen atoms in total. The van der Waals surface area contributed by atoms with Gasteiger partial charge in [0.15, 0.2) is 0 Å². The number of rotatable bonds is 7. The summed E-state index contributed by atoms with van der Waals surface area (Å²) in [6.07, 6.45) is 11.1. The Bertz CT molecular complexity index is 1840. The van der Waals surface area contributed by atoms with Crippen LogP contribution in [-0.2, 0) is 6.54 Å². The monoisotopic (exact) mass is 582 g/mol. The van der Waals surface area contributed by atoms with Gasteiger partial charge >= 0.3 is 0 Å². The molecule has 42 heavy (non-hydrogen) atoms. The zero-order valence-electron chi connectivity index (χ0n) is 22.6. The Hall–Kier alpha value is -4.71. The maximum absolute atomic E-state index is 15.7. The van der Waals surface area contributed by atoms with Gasteiger partial charge in [0.2, 0.25) is 11.4 Å². The van der Waals surface area contributed by atoms with Gasteiger partial charge < -0.3 is 24.3 Å². The predicted molar refractivity (Wildman–Crippen MR) is 159 cm³/mol. The number of piperazine rings is 1. The molecule has 0 atom stereocenters. The first-order valence-corrected chi connectivity index (χ1v) is 14.6. The lowest BCUT2D eigenvalue weighted by Gasteiger charge is -2.34. The van der Waals surface area contributed by atoms with Crippen LogP contribution >= 0.6 is 11.8 Å². The van der Waals surface area contributed by atoms with Crippen LogP contribution in [0.5, 0.6) is 0 Å². The number of carbonyl (C=O) groups is 1. The van der Waals surface area contributed by atoms with Crippen molar-refractivity contribution in [1.29, 1.82) is 0 Å². The molecule has 5 aromatic rings. The van der Waals surface area contributed by atoms with E-state index in [0.717, 1.165) is 23.5 Å². The van der Waals surface area contributed by atoms with Crippen LogP contribution in [0.2, 0.25) is 0 Å². The van der Waals surface area contributed by atoms with E-state index in [1.54, 1.807) is 42.1 Å². The summed E-state index contributed by atoms with van der Waals surface area (Å²) in [5.41, 5.74) is 1.37. The number of fused-ring (bicyclic) bond motifs is 2. The topological polar surface area (TPSA) is 101 Å². The number of hydrogen-bond donors (Lipinski definition) is 1. The number of imidazole rings is 1. The van der Waals surface area contributed by atoms with Crippen molar-refractivity contribution in [2.24, 2.45) is 0 Å². The van der Waals surface area contributed by atoms with Crippen molar-refractivity contribution in [2.45, 2.75) is 22.8 Å². The number of pyridine rings is 1. The lowest BCUT2D eigenvalue weighted by atomic mass is 10.1. The van der Waals surface area contributed by atoms with Crippen LogP contribution in [0.3, 0.4) is 0 Å². The number of hydrogen-bond acceptors (Lipinski definition) is 8. The fourth-order valence-corrected chi connectivity index (χ4v) is 6.73. The molecule has 5 heterocycles. The Morgan fingerprint density at radius 2 is 1.86 bits per heavy atom. The zero-order valence-corrected chi connectivity index (χ0v) is 23.4. The van der Waals surface area contributed by atoms with Crippen molar-refractivity contribution >= 4 is 40.2 Å². The Balaban J connectivity index is 1.23. The largest absolute Gasteiger partial charge is 0.382 e. The molecule has 2 aliphatic rings. The first kappa shape index (κ1) is 26.2. The molecular weight excluding hydrogens is 555 g/mol. The summed E-state index contributed by atoms with van der Waals surface area (Å²) in [6, 6.07) is 10.8. The van der Waals surface area contributed by atoms with Crippen molar-refractivity contribution < 1.29 is 9.18 Å². The summed E-state index contributed by atoms with van der Waals surface area (Å²) in [7, 11) is 0. The van der Waals surface area contributed by atoms with Gasteiger partial charge in [-0.2, -0.15) is 0 Å². The third-order valence-corrected chi connectivity index (χ3v) is 8.79. The zero-order chi connectivity index (χ0) is 28.6. The molecule has 1 saturated heterocycles. The highest BCUT2D eigenvalue weighted by Gasteiger charge is 2.30. The van der Waals surface area contributed by atoms with Crippen LogP contribution in [0.4, 0.5) is 16.0 Å². The van der Waals surface area contributed by atoms with E-state index in [0.29, 0.717) is 54.8 Å². The van der Waals surface area contributed by atoms with Crippen LogP contribution in [0.1, 0.15) is 16.8 Å². The average Bonchev–Trinajstić information content (AvgIpc) is 3.55. The van der Waals surface area contributed by atoms with Gasteiger partial charge in [0.1, 0.15) is 11.4 Å². The Morgan fingerprint density at radius 3 is 2.64 bits per heavy atom. The summed E-state index contributed by atoms with van der Waals surface area (Å²) in [5.74, 6) is -0.265. The number of nitrogens with one attached hydrogen (secondary N) is 1. The second-order valence-corrected chi connectivity index (χ2v) is 11.2. The molecule has 0 aliphatic carbocycles. The van der Waals surface area contributed by atoms with E-state index in [4.69, 9.17) is 0 Å². The lowest BCUT2D eigenvalue weighted by Crippen LogP contribution is -2.50. The molecule has 2 aromatic carbocycles. The van der Waals surface area contributed by atoms with E-state index in [2.05, 4.69) is 20.3 Å². The molecule has 0 saturated carbocycles. The summed E-state index contributed by atoms with van der Waals surface area (Å²) >= 11 is 1.43. The molecule has 0 radical (unpaired) electrons. The van der Waals surface area contributed by atoms with E-state index in [-0.39, 0.29) is 16.9 Å². The number of amides is 1. The highest BCUT2D eigenvalue weighted by molar-refractivity contribution is 8.00. The second-order valence-electron chi connectivity index (χ2n) is 10.2. The summed E-state index contributed by atoms with van der Waals surface area (Å²) in [4.78, 5) is 45.5. The SMILES string of the molecule is O=C(c1cn2c3c(c(NCCCn4ccnc4)c(F)cc3c1=O)Sc1ccccc1-2)N1CCN(c2ncccn2)CC1. The van der Waals surface area contributed by atoms with E-state index >= 15 is 4.39 Å². The number of anilines is 2. The highest BCUT2D eigenvalue weighted by Crippen LogP contribution is 2.46. The van der Waals surface area contributed by atoms with Gasteiger partial charge in [-0.05, 0) is 30.7 Å². The van der Waals surface area contributed by atoms with Crippen molar-refractivity contribution in [3.63, 3.8) is 0 Å². The van der Waals surface area contributed by atoms with Gasteiger partial charge in [0.25, 0.3) is 5.91 Å². The molecule has 3 aromatic heterocycles. The van der Waals surface area contributed by atoms with Gasteiger partial charge in [-0.25, -0.2) is 19.3 Å². The first-order valence-electron chi connectivity index (χ1n) is 13.8. The highest BCUT2D eigenvalue weighted by atomic mass is 32.2. The van der Waals surface area contributed by atoms with Crippen molar-refractivity contribution in [2.75, 3.05) is 42.9 Å². The third kappa shape index (κ3) is 4.67. The van der Waals surface area contributed by atoms with Crippen LogP contribution in [-0.4, -0.2) is 67.6 Å². The molecule has 0 spiro atoms. The number of aryl methyl sites for hydroxylation is 1. The normalized spacial score (nSPS) is 14.2. The summed E-state index contributed by atoms with van der Waals surface area (Å²) in [5, 5.41) is 3.46. The molecular formula is C30H27FN8O2S. The maximum Gasteiger partial charge on any atom is 0.259 e. The van der Waals surface area contributed by atoms with E-state index < -0.39 is 11.2 Å². The third-order valence-electron chi connectivity index (χ3n) is 7.62. The van der Waals surface area contributed by atoms with Gasteiger partial charge in [-0.3, -0.25) is 9.59 Å². The molecule has 1 fully saturated rings. The van der Waals surface area contributed by atoms with E-state index in [9.17, 15) is 9.59 Å². The number of nitrogens with zero attached hydrogens (tertiary/aromatic N) is 7. The number of benzene rings is 2. The molecule has 1 amide bonds. The minimum atomic E-state index is -0.517. The standard InChI is InChI=1S/C30H27FN8O2S/c31-22-17-20-26-28(25(22)33-9-4-11-36-12-10-32-19-36)42-24-6-2-1-5-23(24)39(26)18-21(27(20)40)29(41)37-13-15-38(16-14-37)30-34-7-3-8-35-30/h1-3,5-8,10,12,17-19,33H,4,9,11,13-16H2. The lowest BCUT2D eigenvalue weighted by molar-refractivity contribution is 0.0744.